The van der Waals surface area contributed by atoms with Crippen molar-refractivity contribution in [2.75, 3.05) is 26.4 Å². The summed E-state index contributed by atoms with van der Waals surface area (Å²) in [4.78, 5) is 21.4. The third-order valence-electron chi connectivity index (χ3n) is 3.06. The quantitative estimate of drug-likeness (QED) is 0.519. The lowest BCUT2D eigenvalue weighted by molar-refractivity contribution is -0.120. The summed E-state index contributed by atoms with van der Waals surface area (Å²) in [5, 5.41) is -1.03. The van der Waals surface area contributed by atoms with Crippen LogP contribution in [0, 0.1) is 5.41 Å². The molecule has 0 N–H and O–H groups in total. The maximum atomic E-state index is 10.7. The van der Waals surface area contributed by atoms with Crippen molar-refractivity contribution >= 4 is 33.7 Å². The van der Waals surface area contributed by atoms with Crippen LogP contribution < -0.4 is 0 Å². The molecule has 0 aromatic rings. The van der Waals surface area contributed by atoms with Crippen LogP contribution in [0.4, 0.5) is 0 Å². The molecule has 0 aliphatic heterocycles. The van der Waals surface area contributed by atoms with Crippen molar-refractivity contribution in [3.63, 3.8) is 0 Å². The molecule has 4 nitrogen and oxygen atoms in total. The monoisotopic (exact) mass is 312 g/mol. The Balaban J connectivity index is 4.38. The van der Waals surface area contributed by atoms with E-state index in [9.17, 15) is 9.59 Å². The van der Waals surface area contributed by atoms with E-state index >= 15 is 0 Å². The number of carbonyl (C=O) groups is 2. The van der Waals surface area contributed by atoms with Crippen LogP contribution in [0.15, 0.2) is 0 Å². The standard InChI is InChI=1S/C13H22Cl2O4/c1-3-5-6-13(4-2,9-18-7-11(14)16)10-19-8-12(15)17/h3-10H2,1-2H3. The van der Waals surface area contributed by atoms with E-state index in [0.29, 0.717) is 13.2 Å². The van der Waals surface area contributed by atoms with Crippen molar-refractivity contribution in [1.82, 2.24) is 0 Å². The Kier molecular flexibility index (Phi) is 10.5. The van der Waals surface area contributed by atoms with Gasteiger partial charge in [-0.1, -0.05) is 26.7 Å². The third-order valence-corrected chi connectivity index (χ3v) is 3.28. The zero-order valence-corrected chi connectivity index (χ0v) is 13.1. The number of hydrogen-bond acceptors (Lipinski definition) is 4. The van der Waals surface area contributed by atoms with Gasteiger partial charge in [-0.3, -0.25) is 9.59 Å². The fourth-order valence-corrected chi connectivity index (χ4v) is 1.97. The Morgan fingerprint density at radius 2 is 1.47 bits per heavy atom. The van der Waals surface area contributed by atoms with Crippen molar-refractivity contribution in [1.29, 1.82) is 0 Å². The average Bonchev–Trinajstić information content (AvgIpc) is 2.34. The SMILES string of the molecule is CCCCC(CC)(COCC(=O)Cl)COCC(=O)Cl. The number of ether oxygens (including phenoxy) is 2. The average molecular weight is 313 g/mol. The van der Waals surface area contributed by atoms with Crippen molar-refractivity contribution in [2.45, 2.75) is 39.5 Å². The second kappa shape index (κ2) is 10.6. The van der Waals surface area contributed by atoms with Crippen molar-refractivity contribution in [3.8, 4) is 0 Å². The first-order chi connectivity index (χ1) is 8.95. The lowest BCUT2D eigenvalue weighted by Crippen LogP contribution is -2.33. The van der Waals surface area contributed by atoms with Crippen LogP contribution in [0.1, 0.15) is 39.5 Å². The molecule has 6 heteroatoms. The minimum atomic E-state index is -0.516. The topological polar surface area (TPSA) is 52.6 Å². The lowest BCUT2D eigenvalue weighted by atomic mass is 9.82. The van der Waals surface area contributed by atoms with Gasteiger partial charge in [-0.05, 0) is 36.0 Å². The lowest BCUT2D eigenvalue weighted by Gasteiger charge is -2.32. The van der Waals surface area contributed by atoms with Gasteiger partial charge in [0.2, 0.25) is 10.5 Å². The molecule has 0 saturated carbocycles. The van der Waals surface area contributed by atoms with Crippen LogP contribution >= 0.6 is 23.2 Å². The summed E-state index contributed by atoms with van der Waals surface area (Å²) >= 11 is 10.5. The molecule has 0 spiro atoms. The minimum Gasteiger partial charge on any atom is -0.372 e. The minimum absolute atomic E-state index is 0.107. The molecule has 0 unspecified atom stereocenters. The highest BCUT2D eigenvalue weighted by Crippen LogP contribution is 2.30. The van der Waals surface area contributed by atoms with E-state index in [2.05, 4.69) is 6.92 Å². The van der Waals surface area contributed by atoms with Crippen LogP contribution in [0.5, 0.6) is 0 Å². The van der Waals surface area contributed by atoms with E-state index in [-0.39, 0.29) is 18.6 Å². The van der Waals surface area contributed by atoms with Gasteiger partial charge in [0.1, 0.15) is 13.2 Å². The van der Waals surface area contributed by atoms with Gasteiger partial charge < -0.3 is 9.47 Å². The van der Waals surface area contributed by atoms with E-state index in [1.54, 1.807) is 0 Å². The zero-order valence-electron chi connectivity index (χ0n) is 11.5. The van der Waals surface area contributed by atoms with Gasteiger partial charge in [0.25, 0.3) is 0 Å². The van der Waals surface area contributed by atoms with Gasteiger partial charge in [0.05, 0.1) is 13.2 Å². The third kappa shape index (κ3) is 9.38. The largest absolute Gasteiger partial charge is 0.372 e. The number of rotatable bonds is 12. The molecule has 0 aliphatic rings. The summed E-state index contributed by atoms with van der Waals surface area (Å²) in [6.45, 7) is 4.70. The van der Waals surface area contributed by atoms with Crippen molar-refractivity contribution in [3.05, 3.63) is 0 Å². The molecule has 0 fully saturated rings. The Morgan fingerprint density at radius 1 is 1.00 bits per heavy atom. The summed E-state index contributed by atoms with van der Waals surface area (Å²) < 4.78 is 10.7. The van der Waals surface area contributed by atoms with E-state index in [4.69, 9.17) is 32.7 Å². The highest BCUT2D eigenvalue weighted by Gasteiger charge is 2.29. The van der Waals surface area contributed by atoms with Crippen molar-refractivity contribution < 1.29 is 19.1 Å². The molecule has 0 saturated heterocycles. The molecule has 0 radical (unpaired) electrons. The van der Waals surface area contributed by atoms with Crippen LogP contribution in [0.2, 0.25) is 0 Å². The van der Waals surface area contributed by atoms with Gasteiger partial charge in [-0.25, -0.2) is 0 Å². The van der Waals surface area contributed by atoms with Gasteiger partial charge in [-0.15, -0.1) is 0 Å². The smallest absolute Gasteiger partial charge is 0.247 e. The second-order valence-electron chi connectivity index (χ2n) is 4.65. The fourth-order valence-electron chi connectivity index (χ4n) is 1.81. The molecule has 0 amide bonds. The summed E-state index contributed by atoms with van der Waals surface area (Å²) in [7, 11) is 0. The first-order valence-corrected chi connectivity index (χ1v) is 7.23. The number of halogens is 2. The fraction of sp³-hybridized carbons (Fsp3) is 0.846. The highest BCUT2D eigenvalue weighted by molar-refractivity contribution is 6.64. The summed E-state index contributed by atoms with van der Waals surface area (Å²) in [6, 6.07) is 0. The van der Waals surface area contributed by atoms with Crippen LogP contribution in [-0.2, 0) is 19.1 Å². The summed E-state index contributed by atoms with van der Waals surface area (Å²) in [5.41, 5.74) is -0.200. The summed E-state index contributed by atoms with van der Waals surface area (Å²) in [5.74, 6) is 0. The van der Waals surface area contributed by atoms with Gasteiger partial charge in [0, 0.05) is 5.41 Å². The van der Waals surface area contributed by atoms with Crippen LogP contribution in [0.25, 0.3) is 0 Å². The first-order valence-electron chi connectivity index (χ1n) is 6.48. The first kappa shape index (κ1) is 18.8. The Morgan fingerprint density at radius 3 is 1.79 bits per heavy atom. The Bertz CT molecular complexity index is 262. The zero-order chi connectivity index (χ0) is 14.7. The number of carbonyl (C=O) groups excluding carboxylic acids is 2. The maximum Gasteiger partial charge on any atom is 0.247 e. The molecule has 112 valence electrons. The molecular formula is C13H22Cl2O4. The molecule has 0 aromatic heterocycles. The molecule has 0 atom stereocenters. The van der Waals surface area contributed by atoms with Gasteiger partial charge in [0.15, 0.2) is 0 Å². The predicted molar refractivity (Wildman–Crippen MR) is 75.6 cm³/mol. The molecule has 0 bridgehead atoms. The molecular weight excluding hydrogens is 291 g/mol. The van der Waals surface area contributed by atoms with Crippen LogP contribution in [0.3, 0.4) is 0 Å². The molecule has 0 aliphatic carbocycles. The maximum absolute atomic E-state index is 10.7. The second-order valence-corrected chi connectivity index (χ2v) is 5.50. The van der Waals surface area contributed by atoms with Crippen LogP contribution in [-0.4, -0.2) is 36.9 Å². The number of unbranched alkanes of at least 4 members (excludes halogenated alkanes) is 1. The van der Waals surface area contributed by atoms with Gasteiger partial charge in [-0.2, -0.15) is 0 Å². The highest BCUT2D eigenvalue weighted by atomic mass is 35.5. The Hall–Kier alpha value is -0.160. The Labute approximate surface area is 124 Å². The predicted octanol–water partition coefficient (Wildman–Crippen LogP) is 3.14. The van der Waals surface area contributed by atoms with E-state index in [1.807, 2.05) is 6.92 Å². The number of hydrogen-bond donors (Lipinski definition) is 0. The normalized spacial score (nSPS) is 11.6. The summed E-state index contributed by atoms with van der Waals surface area (Å²) in [6.07, 6.45) is 3.84. The van der Waals surface area contributed by atoms with E-state index in [0.717, 1.165) is 25.7 Å². The van der Waals surface area contributed by atoms with E-state index < -0.39 is 10.5 Å². The van der Waals surface area contributed by atoms with E-state index in [1.165, 1.54) is 0 Å². The molecule has 0 rings (SSSR count). The van der Waals surface area contributed by atoms with Crippen molar-refractivity contribution in [2.24, 2.45) is 5.41 Å². The van der Waals surface area contributed by atoms with Gasteiger partial charge >= 0.3 is 0 Å². The molecule has 19 heavy (non-hydrogen) atoms. The molecule has 0 aromatic carbocycles. The molecule has 0 heterocycles.